The van der Waals surface area contributed by atoms with Crippen LogP contribution in [0.25, 0.3) is 34.0 Å². The van der Waals surface area contributed by atoms with Crippen LogP contribution in [0.5, 0.6) is 0 Å². The van der Waals surface area contributed by atoms with E-state index < -0.39 is 0 Å². The number of aryl methyl sites for hydroxylation is 1. The number of aromatic nitrogens is 1. The van der Waals surface area contributed by atoms with Crippen LogP contribution in [0.15, 0.2) is 88.4 Å². The molecule has 3 aromatic carbocycles. The van der Waals surface area contributed by atoms with Crippen LogP contribution in [0.2, 0.25) is 0 Å². The third-order valence-electron chi connectivity index (χ3n) is 6.70. The average Bonchev–Trinajstić information content (AvgIpc) is 3.12. The van der Waals surface area contributed by atoms with Gasteiger partial charge < -0.3 is 9.32 Å². The Labute approximate surface area is 202 Å². The zero-order chi connectivity index (χ0) is 23.9. The highest BCUT2D eigenvalue weighted by Crippen LogP contribution is 2.39. The van der Waals surface area contributed by atoms with Gasteiger partial charge in [0.2, 0.25) is 5.58 Å². The summed E-state index contributed by atoms with van der Waals surface area (Å²) in [7, 11) is 6.22. The Bertz CT molecular complexity index is 1450. The van der Waals surface area contributed by atoms with Gasteiger partial charge in [-0.15, -0.1) is 0 Å². The lowest BCUT2D eigenvalue weighted by Gasteiger charge is -2.30. The smallest absolute Gasteiger partial charge is 0.374 e. The first-order valence-electron chi connectivity index (χ1n) is 12.0. The van der Waals surface area contributed by atoms with Crippen molar-refractivity contribution in [2.24, 2.45) is 12.5 Å². The number of nitrogens with zero attached hydrogens (tertiary/aromatic N) is 2. The highest BCUT2D eigenvalue weighted by atomic mass is 16.4. The van der Waals surface area contributed by atoms with E-state index in [4.69, 9.17) is 4.42 Å². The Morgan fingerprint density at radius 1 is 0.912 bits per heavy atom. The predicted molar refractivity (Wildman–Crippen MR) is 144 cm³/mol. The Hall–Kier alpha value is -3.59. The van der Waals surface area contributed by atoms with Gasteiger partial charge in [0.05, 0.1) is 6.08 Å². The molecule has 0 amide bonds. The molecule has 0 fully saturated rings. The monoisotopic (exact) mass is 449 g/mol. The predicted octanol–water partition coefficient (Wildman–Crippen LogP) is 7.32. The van der Waals surface area contributed by atoms with Crippen molar-refractivity contribution in [3.8, 4) is 0 Å². The molecule has 3 nitrogen and oxygen atoms in total. The lowest BCUT2D eigenvalue weighted by Crippen LogP contribution is -2.29. The second-order valence-corrected chi connectivity index (χ2v) is 10.4. The Kier molecular flexibility index (Phi) is 5.65. The van der Waals surface area contributed by atoms with E-state index in [0.717, 1.165) is 35.2 Å². The van der Waals surface area contributed by atoms with Gasteiger partial charge in [0, 0.05) is 31.2 Å². The first-order chi connectivity index (χ1) is 16.3. The molecule has 1 aliphatic rings. The maximum atomic E-state index is 6.41. The van der Waals surface area contributed by atoms with Gasteiger partial charge in [-0.25, -0.2) is 0 Å². The number of hydrogen-bond donors (Lipinski definition) is 0. The van der Waals surface area contributed by atoms with Gasteiger partial charge in [-0.2, -0.15) is 4.57 Å². The van der Waals surface area contributed by atoms with Crippen molar-refractivity contribution in [2.45, 2.75) is 26.7 Å². The molecule has 34 heavy (non-hydrogen) atoms. The van der Waals surface area contributed by atoms with E-state index in [2.05, 4.69) is 129 Å². The quantitative estimate of drug-likeness (QED) is 0.304. The number of hydrogen-bond acceptors (Lipinski definition) is 2. The standard InChI is InChI=1S/C31H33N2O/c1-31(2)20-23(11-10-22-12-15-26(16-13-22)32(3)4)18-24(21-31)19-29-33(5)28-17-14-25-8-6-7-9-27(25)30(28)34-29/h6-19H,20-21H2,1-5H3/q+1. The van der Waals surface area contributed by atoms with Crippen LogP contribution >= 0.6 is 0 Å². The largest absolute Gasteiger partial charge is 0.397 e. The van der Waals surface area contributed by atoms with Crippen LogP contribution in [-0.4, -0.2) is 14.1 Å². The van der Waals surface area contributed by atoms with Crippen LogP contribution < -0.4 is 9.47 Å². The van der Waals surface area contributed by atoms with E-state index in [9.17, 15) is 0 Å². The van der Waals surface area contributed by atoms with Gasteiger partial charge in [-0.3, -0.25) is 0 Å². The van der Waals surface area contributed by atoms with Gasteiger partial charge in [0.1, 0.15) is 7.05 Å². The van der Waals surface area contributed by atoms with E-state index in [1.54, 1.807) is 0 Å². The minimum atomic E-state index is 0.201. The summed E-state index contributed by atoms with van der Waals surface area (Å²) in [6.45, 7) is 4.69. The molecule has 0 saturated carbocycles. The van der Waals surface area contributed by atoms with Gasteiger partial charge in [-0.05, 0) is 58.6 Å². The summed E-state index contributed by atoms with van der Waals surface area (Å²) in [6, 6.07) is 21.4. The van der Waals surface area contributed by atoms with Crippen molar-refractivity contribution in [3.63, 3.8) is 0 Å². The maximum Gasteiger partial charge on any atom is 0.374 e. The van der Waals surface area contributed by atoms with Crippen molar-refractivity contribution in [1.82, 2.24) is 0 Å². The highest BCUT2D eigenvalue weighted by molar-refractivity contribution is 6.01. The van der Waals surface area contributed by atoms with Crippen molar-refractivity contribution in [3.05, 3.63) is 95.4 Å². The topological polar surface area (TPSA) is 20.3 Å². The first-order valence-corrected chi connectivity index (χ1v) is 12.0. The second kappa shape index (κ2) is 8.64. The molecular formula is C31H33N2O+. The molecule has 172 valence electrons. The van der Waals surface area contributed by atoms with E-state index >= 15 is 0 Å². The van der Waals surface area contributed by atoms with Gasteiger partial charge in [0.15, 0.2) is 0 Å². The number of benzene rings is 3. The van der Waals surface area contributed by atoms with E-state index in [1.165, 1.54) is 27.8 Å². The van der Waals surface area contributed by atoms with E-state index in [0.29, 0.717) is 0 Å². The van der Waals surface area contributed by atoms with Crippen LogP contribution in [-0.2, 0) is 7.05 Å². The number of allylic oxidation sites excluding steroid dienone is 4. The van der Waals surface area contributed by atoms with Gasteiger partial charge >= 0.3 is 5.89 Å². The summed E-state index contributed by atoms with van der Waals surface area (Å²) in [5.41, 5.74) is 7.36. The van der Waals surface area contributed by atoms with E-state index in [-0.39, 0.29) is 5.41 Å². The first kappa shape index (κ1) is 22.2. The molecule has 0 aliphatic heterocycles. The Balaban J connectivity index is 1.49. The second-order valence-electron chi connectivity index (χ2n) is 10.4. The van der Waals surface area contributed by atoms with Gasteiger partial charge in [-0.1, -0.05) is 68.5 Å². The minimum absolute atomic E-state index is 0.201. The maximum absolute atomic E-state index is 6.41. The molecule has 3 heteroatoms. The molecule has 1 aromatic heterocycles. The van der Waals surface area contributed by atoms with Crippen molar-refractivity contribution < 1.29 is 8.98 Å². The summed E-state index contributed by atoms with van der Waals surface area (Å²) in [5.74, 6) is 0.887. The normalized spacial score (nSPS) is 17.1. The molecule has 4 aromatic rings. The van der Waals surface area contributed by atoms with Gasteiger partial charge in [0.25, 0.3) is 5.52 Å². The third kappa shape index (κ3) is 4.43. The molecule has 1 aliphatic carbocycles. The zero-order valence-corrected chi connectivity index (χ0v) is 20.8. The SMILES string of the molecule is CN(C)c1ccc(C=CC2=CC(=Cc3oc4c5ccccc5ccc4[n+]3C)CC(C)(C)C2)cc1. The average molecular weight is 450 g/mol. The lowest BCUT2D eigenvalue weighted by molar-refractivity contribution is -0.652. The lowest BCUT2D eigenvalue weighted by atomic mass is 9.75. The molecule has 0 saturated heterocycles. The molecule has 0 atom stereocenters. The molecule has 0 radical (unpaired) electrons. The number of rotatable bonds is 4. The summed E-state index contributed by atoms with van der Waals surface area (Å²) in [6.07, 6.45) is 11.1. The van der Waals surface area contributed by atoms with Crippen molar-refractivity contribution >= 4 is 39.7 Å². The van der Waals surface area contributed by atoms with Crippen molar-refractivity contribution in [2.75, 3.05) is 19.0 Å². The number of fused-ring (bicyclic) bond motifs is 3. The van der Waals surface area contributed by atoms with Crippen molar-refractivity contribution in [1.29, 1.82) is 0 Å². The van der Waals surface area contributed by atoms with Crippen LogP contribution in [0.3, 0.4) is 0 Å². The molecule has 1 heterocycles. The fourth-order valence-electron chi connectivity index (χ4n) is 4.97. The molecule has 0 unspecified atom stereocenters. The van der Waals surface area contributed by atoms with Crippen LogP contribution in [0.4, 0.5) is 5.69 Å². The molecular weight excluding hydrogens is 416 g/mol. The summed E-state index contributed by atoms with van der Waals surface area (Å²) >= 11 is 0. The molecule has 0 N–H and O–H groups in total. The molecule has 0 spiro atoms. The molecule has 5 rings (SSSR count). The van der Waals surface area contributed by atoms with Crippen LogP contribution in [0.1, 0.15) is 38.1 Å². The summed E-state index contributed by atoms with van der Waals surface area (Å²) in [4.78, 5) is 2.12. The Morgan fingerprint density at radius 3 is 2.44 bits per heavy atom. The summed E-state index contributed by atoms with van der Waals surface area (Å²) < 4.78 is 8.57. The number of oxazole rings is 1. The minimum Gasteiger partial charge on any atom is -0.397 e. The third-order valence-corrected chi connectivity index (χ3v) is 6.70. The fourth-order valence-corrected chi connectivity index (χ4v) is 4.97. The fraction of sp³-hybridized carbons (Fsp3) is 0.258. The number of anilines is 1. The zero-order valence-electron chi connectivity index (χ0n) is 20.8. The van der Waals surface area contributed by atoms with Crippen LogP contribution in [0, 0.1) is 5.41 Å². The summed E-state index contributed by atoms with van der Waals surface area (Å²) in [5, 5.41) is 2.36. The van der Waals surface area contributed by atoms with E-state index in [1.807, 2.05) is 0 Å². The highest BCUT2D eigenvalue weighted by Gasteiger charge is 2.26. The molecule has 0 bridgehead atoms. The Morgan fingerprint density at radius 2 is 1.68 bits per heavy atom.